The van der Waals surface area contributed by atoms with Gasteiger partial charge >= 0.3 is 5.97 Å². The van der Waals surface area contributed by atoms with E-state index >= 15 is 0 Å². The van der Waals surface area contributed by atoms with Crippen molar-refractivity contribution in [2.24, 2.45) is 0 Å². The molecule has 65 heavy (non-hydrogen) atoms. The summed E-state index contributed by atoms with van der Waals surface area (Å²) < 4.78 is 32.9. The normalized spacial score (nSPS) is 13.0. The zero-order chi connectivity index (χ0) is 45.3. The van der Waals surface area contributed by atoms with Crippen LogP contribution < -0.4 is 15.1 Å². The number of nitrogens with one attached hydrogen (secondary N) is 1. The Labute approximate surface area is 382 Å². The van der Waals surface area contributed by atoms with Crippen LogP contribution in [-0.4, -0.2) is 103 Å². The Morgan fingerprint density at radius 2 is 0.969 bits per heavy atom. The van der Waals surface area contributed by atoms with Crippen LogP contribution in [-0.2, 0) is 60.7 Å². The highest BCUT2D eigenvalue weighted by Crippen LogP contribution is 2.30. The number of ether oxygens (including phenoxy) is 6. The fourth-order valence-corrected chi connectivity index (χ4v) is 7.19. The van der Waals surface area contributed by atoms with Gasteiger partial charge in [0.2, 0.25) is 17.7 Å². The lowest BCUT2D eigenvalue weighted by molar-refractivity contribution is -0.145. The van der Waals surface area contributed by atoms with Gasteiger partial charge in [0.05, 0.1) is 104 Å². The number of anilines is 2. The molecule has 0 radical (unpaired) electrons. The van der Waals surface area contributed by atoms with Crippen LogP contribution in [0.2, 0.25) is 0 Å². The zero-order valence-electron chi connectivity index (χ0n) is 37.0. The monoisotopic (exact) mass is 885 g/mol. The number of hydrogen-bond acceptors (Lipinski definition) is 10. The van der Waals surface area contributed by atoms with Gasteiger partial charge in [-0.25, -0.2) is 0 Å². The fraction of sp³-hybridized carbons (Fsp3) is 0.385. The predicted molar refractivity (Wildman–Crippen MR) is 249 cm³/mol. The van der Waals surface area contributed by atoms with E-state index in [1.54, 1.807) is 4.90 Å². The van der Waals surface area contributed by atoms with Gasteiger partial charge in [0.25, 0.3) is 0 Å². The van der Waals surface area contributed by atoms with Gasteiger partial charge in [-0.15, -0.1) is 0 Å². The molecule has 0 spiro atoms. The Hall–Kier alpha value is -6.14. The third-order valence-electron chi connectivity index (χ3n) is 10.6. The van der Waals surface area contributed by atoms with E-state index in [1.807, 2.05) is 108 Å². The summed E-state index contributed by atoms with van der Waals surface area (Å²) in [6.07, 6.45) is 5.97. The number of benzene rings is 4. The molecule has 0 aromatic heterocycles. The lowest BCUT2D eigenvalue weighted by atomic mass is 10.0. The van der Waals surface area contributed by atoms with E-state index in [9.17, 15) is 19.2 Å². The largest absolute Gasteiger partial charge is 0.466 e. The van der Waals surface area contributed by atoms with Crippen molar-refractivity contribution < 1.29 is 47.6 Å². The minimum atomic E-state index is -0.369. The quantitative estimate of drug-likeness (QED) is 0.0410. The number of esters is 1. The van der Waals surface area contributed by atoms with E-state index in [-0.39, 0.29) is 62.8 Å². The van der Waals surface area contributed by atoms with Crippen LogP contribution in [0.1, 0.15) is 71.9 Å². The second kappa shape index (κ2) is 27.2. The molecule has 0 unspecified atom stereocenters. The molecule has 3 amide bonds. The molecular weight excluding hydrogens is 827 g/mol. The van der Waals surface area contributed by atoms with Crippen LogP contribution in [0.3, 0.4) is 0 Å². The van der Waals surface area contributed by atoms with Crippen molar-refractivity contribution in [2.45, 2.75) is 51.6 Å². The molecule has 2 aliphatic rings. The maximum absolute atomic E-state index is 13.3. The van der Waals surface area contributed by atoms with Gasteiger partial charge in [-0.1, -0.05) is 96.8 Å². The van der Waals surface area contributed by atoms with Crippen molar-refractivity contribution in [1.29, 1.82) is 0 Å². The smallest absolute Gasteiger partial charge is 0.308 e. The standard InChI is InChI=1S/C52H59N3O10/c56-49(53-27-9-19-50(57)54-39-45-15-3-1-11-41(45)21-23-43-13-5-7-17-47(43)54)25-29-60-31-33-62-35-37-64-38-36-63-34-32-61-30-26-52(59)65-28-10-20-51(58)55-40-46-16-4-2-12-42(46)22-24-44-14-6-8-18-48(44)55/h1-8,11-18,22,24H,9-10,19-20,25-40H2,(H,53,56)/b24-22-. The highest BCUT2D eigenvalue weighted by atomic mass is 16.6. The van der Waals surface area contributed by atoms with Crippen molar-refractivity contribution in [3.8, 4) is 11.8 Å². The maximum atomic E-state index is 13.3. The number of hydrogen-bond donors (Lipinski definition) is 1. The molecule has 0 fully saturated rings. The maximum Gasteiger partial charge on any atom is 0.308 e. The Balaban J connectivity index is 0.691. The number of amides is 3. The van der Waals surface area contributed by atoms with Crippen molar-refractivity contribution in [3.63, 3.8) is 0 Å². The van der Waals surface area contributed by atoms with E-state index in [2.05, 4.69) is 23.2 Å². The van der Waals surface area contributed by atoms with Gasteiger partial charge in [0.1, 0.15) is 0 Å². The summed E-state index contributed by atoms with van der Waals surface area (Å²) >= 11 is 0. The van der Waals surface area contributed by atoms with Crippen molar-refractivity contribution >= 4 is 47.2 Å². The molecule has 13 nitrogen and oxygen atoms in total. The van der Waals surface area contributed by atoms with E-state index in [0.29, 0.717) is 91.8 Å². The molecule has 1 N–H and O–H groups in total. The highest BCUT2D eigenvalue weighted by molar-refractivity contribution is 5.97. The third-order valence-corrected chi connectivity index (χ3v) is 10.6. The lowest BCUT2D eigenvalue weighted by Crippen LogP contribution is -2.33. The summed E-state index contributed by atoms with van der Waals surface area (Å²) in [5, 5.41) is 2.87. The molecule has 0 aliphatic carbocycles. The third kappa shape index (κ3) is 16.1. The molecule has 6 rings (SSSR count). The molecule has 2 heterocycles. The molecule has 342 valence electrons. The topological polar surface area (TPSA) is 142 Å². The lowest BCUT2D eigenvalue weighted by Gasteiger charge is -2.27. The van der Waals surface area contributed by atoms with Crippen LogP contribution >= 0.6 is 0 Å². The molecule has 2 aliphatic heterocycles. The Morgan fingerprint density at radius 1 is 0.477 bits per heavy atom. The first-order valence-corrected chi connectivity index (χ1v) is 22.4. The number of carbonyl (C=O) groups excluding carboxylic acids is 4. The molecule has 0 atom stereocenters. The summed E-state index contributed by atoms with van der Waals surface area (Å²) in [5.74, 6) is 5.91. The highest BCUT2D eigenvalue weighted by Gasteiger charge is 2.22. The van der Waals surface area contributed by atoms with Crippen LogP contribution in [0, 0.1) is 11.8 Å². The minimum Gasteiger partial charge on any atom is -0.466 e. The molecule has 0 saturated heterocycles. The molecule has 13 heteroatoms. The Kier molecular flexibility index (Phi) is 20.3. The number of rotatable bonds is 26. The number of carbonyl (C=O) groups is 4. The van der Waals surface area contributed by atoms with E-state index in [4.69, 9.17) is 28.4 Å². The van der Waals surface area contributed by atoms with Crippen molar-refractivity contribution in [2.75, 3.05) is 89.0 Å². The SMILES string of the molecule is O=C(CCOCCOCCOCCOCCOCCC(=O)OCCCC(=O)N1Cc2ccccc2/C=C\c2ccccc21)NCCCC(=O)N1Cc2ccccc2C#Cc2ccccc21. The van der Waals surface area contributed by atoms with Crippen LogP contribution in [0.15, 0.2) is 97.1 Å². The van der Waals surface area contributed by atoms with Crippen LogP contribution in [0.25, 0.3) is 12.2 Å². The number of para-hydroxylation sites is 2. The Morgan fingerprint density at radius 3 is 1.68 bits per heavy atom. The molecular formula is C52H59N3O10. The zero-order valence-corrected chi connectivity index (χ0v) is 37.0. The molecule has 4 aromatic carbocycles. The molecule has 4 aromatic rings. The second-order valence-corrected chi connectivity index (χ2v) is 15.3. The first kappa shape index (κ1) is 48.3. The summed E-state index contributed by atoms with van der Waals surface area (Å²) in [6.45, 7) is 5.03. The van der Waals surface area contributed by atoms with Crippen molar-refractivity contribution in [1.82, 2.24) is 5.32 Å². The number of fused-ring (bicyclic) bond motifs is 4. The van der Waals surface area contributed by atoms with E-state index in [1.165, 1.54) is 0 Å². The second-order valence-electron chi connectivity index (χ2n) is 15.3. The van der Waals surface area contributed by atoms with Crippen LogP contribution in [0.4, 0.5) is 11.4 Å². The fourth-order valence-electron chi connectivity index (χ4n) is 7.19. The molecule has 0 bridgehead atoms. The number of nitrogens with zero attached hydrogens (tertiary/aromatic N) is 2. The van der Waals surface area contributed by atoms with Gasteiger partial charge < -0.3 is 43.5 Å². The van der Waals surface area contributed by atoms with Gasteiger partial charge in [0, 0.05) is 36.9 Å². The van der Waals surface area contributed by atoms with Gasteiger partial charge in [-0.2, -0.15) is 0 Å². The van der Waals surface area contributed by atoms with Gasteiger partial charge in [-0.3, -0.25) is 19.2 Å². The summed E-state index contributed by atoms with van der Waals surface area (Å²) in [7, 11) is 0. The predicted octanol–water partition coefficient (Wildman–Crippen LogP) is 6.73. The summed E-state index contributed by atoms with van der Waals surface area (Å²) in [5.41, 5.74) is 7.54. The van der Waals surface area contributed by atoms with Crippen molar-refractivity contribution in [3.05, 3.63) is 130 Å². The van der Waals surface area contributed by atoms with Gasteiger partial charge in [0.15, 0.2) is 0 Å². The minimum absolute atomic E-state index is 0.0145. The Bertz CT molecular complexity index is 2270. The average Bonchev–Trinajstić information content (AvgIpc) is 3.31. The first-order chi connectivity index (χ1) is 32.0. The first-order valence-electron chi connectivity index (χ1n) is 22.4. The molecule has 0 saturated carbocycles. The average molecular weight is 886 g/mol. The van der Waals surface area contributed by atoms with E-state index in [0.717, 1.165) is 44.8 Å². The van der Waals surface area contributed by atoms with E-state index < -0.39 is 0 Å². The van der Waals surface area contributed by atoms with Gasteiger partial charge in [-0.05, 0) is 59.4 Å². The van der Waals surface area contributed by atoms with Crippen LogP contribution in [0.5, 0.6) is 0 Å². The summed E-state index contributed by atoms with van der Waals surface area (Å²) in [6, 6.07) is 31.5. The summed E-state index contributed by atoms with van der Waals surface area (Å²) in [4.78, 5) is 54.8.